The molecule has 2 N–H and O–H groups in total. The van der Waals surface area contributed by atoms with Gasteiger partial charge in [0.25, 0.3) is 5.91 Å². The molecule has 2 unspecified atom stereocenters. The number of benzene rings is 1. The average molecular weight is 394 g/mol. The van der Waals surface area contributed by atoms with Crippen LogP contribution in [0.2, 0.25) is 0 Å². The second kappa shape index (κ2) is 7.03. The van der Waals surface area contributed by atoms with Crippen molar-refractivity contribution < 1.29 is 22.7 Å². The maximum Gasteiger partial charge on any atom is 0.410 e. The van der Waals surface area contributed by atoms with Crippen molar-refractivity contribution in [2.45, 2.75) is 44.4 Å². The van der Waals surface area contributed by atoms with Crippen LogP contribution < -0.4 is 15.4 Å². The van der Waals surface area contributed by atoms with Crippen LogP contribution in [0.3, 0.4) is 0 Å². The normalized spacial score (nSPS) is 21.6. The summed E-state index contributed by atoms with van der Waals surface area (Å²) in [4.78, 5) is 12.5. The molecule has 0 saturated heterocycles. The molecule has 1 aliphatic carbocycles. The van der Waals surface area contributed by atoms with Gasteiger partial charge < -0.3 is 15.4 Å². The summed E-state index contributed by atoms with van der Waals surface area (Å²) < 4.78 is 46.8. The first kappa shape index (κ1) is 18.6. The number of nitrogens with one attached hydrogen (secondary N) is 2. The maximum atomic E-state index is 13.5. The third kappa shape index (κ3) is 3.79. The number of halogens is 3. The molecule has 0 radical (unpaired) electrons. The zero-order chi connectivity index (χ0) is 19.9. The first-order valence-corrected chi connectivity index (χ1v) is 9.32. The predicted molar refractivity (Wildman–Crippen MR) is 97.6 cm³/mol. The summed E-state index contributed by atoms with van der Waals surface area (Å²) in [5.74, 6) is 0.606. The Morgan fingerprint density at radius 2 is 2.04 bits per heavy atom. The molecular weight excluding hydrogens is 373 g/mol. The van der Waals surface area contributed by atoms with Gasteiger partial charge in [0, 0.05) is 17.8 Å². The molecule has 0 bridgehead atoms. The largest absolute Gasteiger partial charge is 0.494 e. The van der Waals surface area contributed by atoms with Crippen LogP contribution in [0.1, 0.15) is 42.7 Å². The molecule has 2 atom stereocenters. The van der Waals surface area contributed by atoms with E-state index in [-0.39, 0.29) is 29.9 Å². The molecule has 4 rings (SSSR count). The molecule has 2 aromatic rings. The number of anilines is 2. The molecule has 1 aromatic carbocycles. The molecule has 6 nitrogen and oxygen atoms in total. The van der Waals surface area contributed by atoms with Gasteiger partial charge in [0.1, 0.15) is 11.6 Å². The molecule has 0 spiro atoms. The Hall–Kier alpha value is -2.71. The average Bonchev–Trinajstić information content (AvgIpc) is 3.40. The van der Waals surface area contributed by atoms with Crippen LogP contribution in [-0.4, -0.2) is 34.5 Å². The van der Waals surface area contributed by atoms with Gasteiger partial charge in [-0.1, -0.05) is 0 Å². The summed E-state index contributed by atoms with van der Waals surface area (Å²) in [6, 6.07) is 6.17. The van der Waals surface area contributed by atoms with Crippen molar-refractivity contribution >= 4 is 17.4 Å². The topological polar surface area (TPSA) is 68.2 Å². The van der Waals surface area contributed by atoms with E-state index in [4.69, 9.17) is 4.74 Å². The summed E-state index contributed by atoms with van der Waals surface area (Å²) in [6.07, 6.45) is -2.62. The number of alkyl halides is 3. The highest BCUT2D eigenvalue weighted by Gasteiger charge is 2.49. The number of carbonyl (C=O) groups excluding carboxylic acids is 1. The number of nitrogens with zero attached hydrogens (tertiary/aromatic N) is 2. The number of hydrogen-bond acceptors (Lipinski definition) is 4. The number of hydrogen-bond donors (Lipinski definition) is 2. The molecule has 2 aliphatic rings. The Morgan fingerprint density at radius 3 is 2.64 bits per heavy atom. The van der Waals surface area contributed by atoms with Gasteiger partial charge in [-0.25, -0.2) is 4.68 Å². The summed E-state index contributed by atoms with van der Waals surface area (Å²) in [5.41, 5.74) is 0.456. The molecule has 1 aromatic heterocycles. The lowest BCUT2D eigenvalue weighted by Crippen LogP contribution is -2.40. The Bertz CT molecular complexity index is 859. The van der Waals surface area contributed by atoms with Crippen LogP contribution in [0.15, 0.2) is 30.3 Å². The van der Waals surface area contributed by atoms with Crippen molar-refractivity contribution in [1.82, 2.24) is 9.78 Å². The fourth-order valence-corrected chi connectivity index (χ4v) is 3.52. The first-order chi connectivity index (χ1) is 13.3. The van der Waals surface area contributed by atoms with Gasteiger partial charge in [0.15, 0.2) is 11.7 Å². The molecule has 9 heteroatoms. The molecule has 1 amide bonds. The predicted octanol–water partition coefficient (Wildman–Crippen LogP) is 4.23. The summed E-state index contributed by atoms with van der Waals surface area (Å²) in [6.45, 7) is 2.40. The molecule has 2 heterocycles. The van der Waals surface area contributed by atoms with E-state index in [0.717, 1.165) is 17.5 Å². The zero-order valence-corrected chi connectivity index (χ0v) is 15.3. The number of amides is 1. The van der Waals surface area contributed by atoms with Gasteiger partial charge >= 0.3 is 6.18 Å². The number of aromatic nitrogens is 2. The van der Waals surface area contributed by atoms with Crippen molar-refractivity contribution in [2.24, 2.45) is 5.92 Å². The summed E-state index contributed by atoms with van der Waals surface area (Å²) in [5, 5.41) is 9.74. The van der Waals surface area contributed by atoms with Crippen molar-refractivity contribution in [3.05, 3.63) is 36.0 Å². The minimum atomic E-state index is -4.42. The highest BCUT2D eigenvalue weighted by Crippen LogP contribution is 2.45. The molecule has 28 heavy (non-hydrogen) atoms. The summed E-state index contributed by atoms with van der Waals surface area (Å²) >= 11 is 0. The van der Waals surface area contributed by atoms with Crippen LogP contribution in [0.4, 0.5) is 24.7 Å². The van der Waals surface area contributed by atoms with Crippen LogP contribution in [0.5, 0.6) is 5.75 Å². The number of ether oxygens (including phenoxy) is 1. The van der Waals surface area contributed by atoms with Gasteiger partial charge in [0.2, 0.25) is 0 Å². The van der Waals surface area contributed by atoms with Crippen LogP contribution in [0, 0.1) is 5.92 Å². The zero-order valence-electron chi connectivity index (χ0n) is 15.3. The third-order valence-electron chi connectivity index (χ3n) is 5.07. The molecule has 1 aliphatic heterocycles. The van der Waals surface area contributed by atoms with Crippen molar-refractivity contribution in [3.63, 3.8) is 0 Å². The SMILES string of the molecule is CCOc1ccc(NC(=O)c2cc3n(n2)C(C(F)(F)F)CC(C2CC2)N3)cc1. The van der Waals surface area contributed by atoms with Crippen molar-refractivity contribution in [2.75, 3.05) is 17.2 Å². The Morgan fingerprint density at radius 1 is 1.32 bits per heavy atom. The Balaban J connectivity index is 1.53. The van der Waals surface area contributed by atoms with Crippen LogP contribution >= 0.6 is 0 Å². The standard InChI is InChI=1S/C19H21F3N4O2/c1-2-28-13-7-5-12(6-8-13)23-18(27)15-10-17-24-14(11-3-4-11)9-16(19(20,21)22)26(17)25-15/h5-8,10-11,14,16,24H,2-4,9H2,1H3,(H,23,27). The quantitative estimate of drug-likeness (QED) is 0.796. The third-order valence-corrected chi connectivity index (χ3v) is 5.07. The van der Waals surface area contributed by atoms with E-state index in [2.05, 4.69) is 15.7 Å². The van der Waals surface area contributed by atoms with Gasteiger partial charge in [-0.15, -0.1) is 0 Å². The van der Waals surface area contributed by atoms with E-state index in [9.17, 15) is 18.0 Å². The number of fused-ring (bicyclic) bond motifs is 1. The first-order valence-electron chi connectivity index (χ1n) is 9.32. The Kier molecular flexibility index (Phi) is 4.68. The molecule has 1 saturated carbocycles. The smallest absolute Gasteiger partial charge is 0.410 e. The summed E-state index contributed by atoms with van der Waals surface area (Å²) in [7, 11) is 0. The molecular formula is C19H21F3N4O2. The van der Waals surface area contributed by atoms with E-state index in [1.807, 2.05) is 6.92 Å². The molecule has 1 fully saturated rings. The van der Waals surface area contributed by atoms with Crippen molar-refractivity contribution in [3.8, 4) is 5.75 Å². The number of rotatable bonds is 5. The van der Waals surface area contributed by atoms with E-state index in [1.54, 1.807) is 24.3 Å². The maximum absolute atomic E-state index is 13.5. The second-order valence-corrected chi connectivity index (χ2v) is 7.15. The lowest BCUT2D eigenvalue weighted by atomic mass is 10.0. The van der Waals surface area contributed by atoms with Gasteiger partial charge in [-0.2, -0.15) is 18.3 Å². The minimum Gasteiger partial charge on any atom is -0.494 e. The Labute approximate surface area is 160 Å². The van der Waals surface area contributed by atoms with E-state index >= 15 is 0 Å². The highest BCUT2D eigenvalue weighted by molar-refractivity contribution is 6.03. The van der Waals surface area contributed by atoms with Crippen LogP contribution in [0.25, 0.3) is 0 Å². The highest BCUT2D eigenvalue weighted by atomic mass is 19.4. The van der Waals surface area contributed by atoms with E-state index in [0.29, 0.717) is 18.0 Å². The number of carbonyl (C=O) groups is 1. The fraction of sp³-hybridized carbons (Fsp3) is 0.474. The van der Waals surface area contributed by atoms with Crippen LogP contribution in [-0.2, 0) is 0 Å². The van der Waals surface area contributed by atoms with E-state index < -0.39 is 18.1 Å². The van der Waals surface area contributed by atoms with Crippen molar-refractivity contribution in [1.29, 1.82) is 0 Å². The van der Waals surface area contributed by atoms with Gasteiger partial charge in [-0.3, -0.25) is 4.79 Å². The van der Waals surface area contributed by atoms with E-state index in [1.165, 1.54) is 6.07 Å². The van der Waals surface area contributed by atoms with Gasteiger partial charge in [0.05, 0.1) is 6.61 Å². The monoisotopic (exact) mass is 394 g/mol. The lowest BCUT2D eigenvalue weighted by molar-refractivity contribution is -0.174. The lowest BCUT2D eigenvalue weighted by Gasteiger charge is -2.33. The minimum absolute atomic E-state index is 0.0536. The second-order valence-electron chi connectivity index (χ2n) is 7.15. The van der Waals surface area contributed by atoms with Gasteiger partial charge in [-0.05, 0) is 56.4 Å². The molecule has 150 valence electrons. The fourth-order valence-electron chi connectivity index (χ4n) is 3.52.